The summed E-state index contributed by atoms with van der Waals surface area (Å²) in [5, 5.41) is 3.79. The Morgan fingerprint density at radius 2 is 2.09 bits per heavy atom. The summed E-state index contributed by atoms with van der Waals surface area (Å²) in [5.74, 6) is -0.180. The van der Waals surface area contributed by atoms with Crippen LogP contribution in [0.15, 0.2) is 0 Å². The van der Waals surface area contributed by atoms with Crippen molar-refractivity contribution in [2.75, 3.05) is 20.2 Å². The van der Waals surface area contributed by atoms with Gasteiger partial charge < -0.3 is 10.1 Å². The number of nitrogens with zero attached hydrogens (tertiary/aromatic N) is 1. The normalized spacial score (nSPS) is 9.09. The average Bonchev–Trinajstić information content (AvgIpc) is 1.88. The van der Waals surface area contributed by atoms with E-state index in [4.69, 9.17) is 4.74 Å². The maximum atomic E-state index is 10.8. The van der Waals surface area contributed by atoms with Gasteiger partial charge >= 0.3 is 5.97 Å². The minimum atomic E-state index is -0.149. The Hall–Kier alpha value is 0.534. The van der Waals surface area contributed by atoms with Gasteiger partial charge in [-0.25, -0.2) is 0 Å². The summed E-state index contributed by atoms with van der Waals surface area (Å²) >= 11 is 0. The number of likely N-dealkylation sites (N-methyl/N-ethyl adjacent to an activating group) is 1. The molecule has 0 bridgehead atoms. The van der Waals surface area contributed by atoms with Crippen LogP contribution in [0.3, 0.4) is 0 Å². The zero-order valence-corrected chi connectivity index (χ0v) is 10.2. The summed E-state index contributed by atoms with van der Waals surface area (Å²) in [5.41, 5.74) is 0. The molecule has 0 rings (SSSR count). The van der Waals surface area contributed by atoms with Crippen LogP contribution in [0.1, 0.15) is 13.8 Å². The van der Waals surface area contributed by atoms with Gasteiger partial charge in [-0.15, -0.1) is 6.54 Å². The van der Waals surface area contributed by atoms with Crippen molar-refractivity contribution in [3.63, 3.8) is 0 Å². The van der Waals surface area contributed by atoms with E-state index in [1.165, 1.54) is 0 Å². The molecule has 1 radical (unpaired) electrons. The summed E-state index contributed by atoms with van der Waals surface area (Å²) in [6.07, 6.45) is 0. The minimum Gasteiger partial charge on any atom is -0.662 e. The summed E-state index contributed by atoms with van der Waals surface area (Å²) in [7, 11) is 1.70. The number of hydrogen-bond donors (Lipinski definition) is 0. The van der Waals surface area contributed by atoms with Crippen molar-refractivity contribution in [3.8, 4) is 0 Å². The summed E-state index contributed by atoms with van der Waals surface area (Å²) < 4.78 is 4.81. The van der Waals surface area contributed by atoms with Gasteiger partial charge in [0.05, 0.1) is 12.5 Å². The molecule has 0 aliphatic heterocycles. The van der Waals surface area contributed by atoms with Gasteiger partial charge in [0.15, 0.2) is 0 Å². The first-order chi connectivity index (χ1) is 4.68. The smallest absolute Gasteiger partial charge is 0.308 e. The first kappa shape index (κ1) is 14.1. The van der Waals surface area contributed by atoms with Gasteiger partial charge in [-0.05, 0) is 0 Å². The van der Waals surface area contributed by atoms with Gasteiger partial charge in [0, 0.05) is 32.7 Å². The summed E-state index contributed by atoms with van der Waals surface area (Å²) in [6, 6.07) is 0. The Balaban J connectivity index is 0. The third kappa shape index (κ3) is 8.44. The zero-order chi connectivity index (χ0) is 7.98. The maximum absolute atomic E-state index is 10.8. The fraction of sp³-hybridized carbons (Fsp3) is 0.857. The second kappa shape index (κ2) is 8.63. The van der Waals surface area contributed by atoms with Crippen LogP contribution < -0.4 is 0 Å². The Bertz CT molecular complexity index is 107. The molecule has 0 saturated heterocycles. The van der Waals surface area contributed by atoms with Crippen molar-refractivity contribution >= 4 is 5.97 Å². The second-order valence-corrected chi connectivity index (χ2v) is 2.36. The molecule has 0 saturated carbocycles. The molecule has 0 atom stereocenters. The molecular weight excluding hydrogens is 219 g/mol. The van der Waals surface area contributed by atoms with E-state index in [0.29, 0.717) is 13.2 Å². The largest absolute Gasteiger partial charge is 0.662 e. The van der Waals surface area contributed by atoms with Crippen molar-refractivity contribution in [2.24, 2.45) is 5.92 Å². The fourth-order valence-electron chi connectivity index (χ4n) is 0.404. The maximum Gasteiger partial charge on any atom is 0.308 e. The third-order valence-corrected chi connectivity index (χ3v) is 1.03. The van der Waals surface area contributed by atoms with Crippen molar-refractivity contribution in [1.29, 1.82) is 0 Å². The molecule has 63 valence electrons. The van der Waals surface area contributed by atoms with E-state index in [-0.39, 0.29) is 44.6 Å². The molecule has 0 aromatic rings. The van der Waals surface area contributed by atoms with Crippen LogP contribution in [0, 0.1) is 5.92 Å². The molecule has 0 aliphatic carbocycles. The molecule has 0 aromatic heterocycles. The van der Waals surface area contributed by atoms with Gasteiger partial charge in [0.2, 0.25) is 0 Å². The van der Waals surface area contributed by atoms with Crippen LogP contribution in [0.25, 0.3) is 5.32 Å². The van der Waals surface area contributed by atoms with Gasteiger partial charge in [-0.3, -0.25) is 4.79 Å². The molecule has 0 N–H and O–H groups in total. The van der Waals surface area contributed by atoms with Crippen LogP contribution >= 0.6 is 0 Å². The van der Waals surface area contributed by atoms with Crippen LogP contribution in [0.4, 0.5) is 0 Å². The van der Waals surface area contributed by atoms with Gasteiger partial charge in [-0.2, -0.15) is 7.05 Å². The summed E-state index contributed by atoms with van der Waals surface area (Å²) in [4.78, 5) is 10.8. The average molecular weight is 233 g/mol. The fourth-order valence-corrected chi connectivity index (χ4v) is 0.404. The SMILES string of the molecule is C[N-]CCOC(=O)C(C)C.[Y]. The van der Waals surface area contributed by atoms with Crippen LogP contribution in [-0.2, 0) is 42.2 Å². The second-order valence-electron chi connectivity index (χ2n) is 2.36. The third-order valence-electron chi connectivity index (χ3n) is 1.03. The number of hydrogen-bond acceptors (Lipinski definition) is 2. The number of carbonyl (C=O) groups is 1. The van der Waals surface area contributed by atoms with E-state index in [1.54, 1.807) is 7.05 Å². The topological polar surface area (TPSA) is 40.4 Å². The Kier molecular flexibility index (Phi) is 11.0. The Morgan fingerprint density at radius 1 is 1.55 bits per heavy atom. The predicted molar refractivity (Wildman–Crippen MR) is 39.9 cm³/mol. The standard InChI is InChI=1S/C7H14NO2.Y/c1-6(2)7(9)10-5-4-8-3;/h6H,4-5H2,1-3H3;/q-1;. The molecule has 4 heteroatoms. The molecule has 11 heavy (non-hydrogen) atoms. The molecule has 0 aromatic carbocycles. The van der Waals surface area contributed by atoms with Crippen LogP contribution in [0.2, 0.25) is 0 Å². The summed E-state index contributed by atoms with van der Waals surface area (Å²) in [6.45, 7) is 4.63. The zero-order valence-electron chi connectivity index (χ0n) is 7.33. The van der Waals surface area contributed by atoms with E-state index in [9.17, 15) is 4.79 Å². The predicted octanol–water partition coefficient (Wildman–Crippen LogP) is 1.19. The molecule has 0 spiro atoms. The molecule has 0 heterocycles. The number of ether oxygens (including phenoxy) is 1. The van der Waals surface area contributed by atoms with Gasteiger partial charge in [0.25, 0.3) is 0 Å². The van der Waals surface area contributed by atoms with Crippen molar-refractivity contribution in [2.45, 2.75) is 13.8 Å². The number of carbonyl (C=O) groups excluding carboxylic acids is 1. The van der Waals surface area contributed by atoms with E-state index in [1.807, 2.05) is 13.8 Å². The quantitative estimate of drug-likeness (QED) is 0.540. The van der Waals surface area contributed by atoms with Crippen molar-refractivity contribution < 1.29 is 42.2 Å². The Morgan fingerprint density at radius 3 is 2.45 bits per heavy atom. The van der Waals surface area contributed by atoms with E-state index >= 15 is 0 Å². The van der Waals surface area contributed by atoms with Gasteiger partial charge in [0.1, 0.15) is 0 Å². The Labute approximate surface area is 93.1 Å². The van der Waals surface area contributed by atoms with Crippen molar-refractivity contribution in [3.05, 3.63) is 5.32 Å². The molecular formula is C7H14NO2Y-. The molecule has 3 nitrogen and oxygen atoms in total. The number of esters is 1. The minimum absolute atomic E-state index is 0. The van der Waals surface area contributed by atoms with E-state index < -0.39 is 0 Å². The number of rotatable bonds is 4. The molecule has 0 fully saturated rings. The molecule has 0 aliphatic rings. The molecule has 0 unspecified atom stereocenters. The first-order valence-corrected chi connectivity index (χ1v) is 3.40. The van der Waals surface area contributed by atoms with Crippen LogP contribution in [0.5, 0.6) is 0 Å². The van der Waals surface area contributed by atoms with E-state index in [2.05, 4.69) is 5.32 Å². The first-order valence-electron chi connectivity index (χ1n) is 3.40. The molecule has 0 amide bonds. The van der Waals surface area contributed by atoms with Gasteiger partial charge in [-0.1, -0.05) is 13.8 Å². The van der Waals surface area contributed by atoms with Crippen molar-refractivity contribution in [1.82, 2.24) is 0 Å². The monoisotopic (exact) mass is 233 g/mol. The van der Waals surface area contributed by atoms with Crippen LogP contribution in [-0.4, -0.2) is 26.2 Å². The van der Waals surface area contributed by atoms with E-state index in [0.717, 1.165) is 0 Å².